The maximum absolute atomic E-state index is 12.4. The third kappa shape index (κ3) is 6.20. The molecule has 0 aromatic heterocycles. The molecular weight excluding hydrogens is 336 g/mol. The lowest BCUT2D eigenvalue weighted by atomic mass is 10.1. The molecule has 2 aliphatic rings. The van der Waals surface area contributed by atoms with Crippen molar-refractivity contribution in [2.24, 2.45) is 0 Å². The van der Waals surface area contributed by atoms with Gasteiger partial charge in [-0.1, -0.05) is 12.1 Å². The molecule has 2 heterocycles. The van der Waals surface area contributed by atoms with E-state index in [4.69, 9.17) is 9.47 Å². The molecule has 1 aromatic rings. The molecule has 0 radical (unpaired) electrons. The molecule has 1 unspecified atom stereocenters. The fourth-order valence-electron chi connectivity index (χ4n) is 3.14. The Labute approximate surface area is 154 Å². The number of anilines is 1. The van der Waals surface area contributed by atoms with E-state index in [0.717, 1.165) is 61.7 Å². The average Bonchev–Trinajstić information content (AvgIpc) is 2.92. The first-order valence-corrected chi connectivity index (χ1v) is 10.4. The van der Waals surface area contributed by atoms with Crippen LogP contribution >= 0.6 is 11.8 Å². The van der Waals surface area contributed by atoms with Crippen LogP contribution in [0.4, 0.5) is 10.5 Å². The Morgan fingerprint density at radius 1 is 1.28 bits per heavy atom. The van der Waals surface area contributed by atoms with Gasteiger partial charge in [0, 0.05) is 31.1 Å². The smallest absolute Gasteiger partial charge is 0.321 e. The molecule has 25 heavy (non-hydrogen) atoms. The molecule has 1 N–H and O–H groups in total. The van der Waals surface area contributed by atoms with E-state index in [1.807, 2.05) is 40.9 Å². The number of carbonyl (C=O) groups excluding carboxylic acids is 1. The largest absolute Gasteiger partial charge is 0.376 e. The molecule has 0 aliphatic carbocycles. The zero-order valence-corrected chi connectivity index (χ0v) is 15.6. The fraction of sp³-hybridized carbons (Fsp3) is 0.632. The van der Waals surface area contributed by atoms with Gasteiger partial charge < -0.3 is 19.7 Å². The first kappa shape index (κ1) is 18.5. The Morgan fingerprint density at radius 3 is 3.12 bits per heavy atom. The van der Waals surface area contributed by atoms with Gasteiger partial charge in [0.2, 0.25) is 0 Å². The average molecular weight is 365 g/mol. The highest BCUT2D eigenvalue weighted by Gasteiger charge is 2.16. The Bertz CT molecular complexity index is 541. The van der Waals surface area contributed by atoms with Crippen molar-refractivity contribution in [3.8, 4) is 0 Å². The lowest BCUT2D eigenvalue weighted by Crippen LogP contribution is -2.36. The second kappa shape index (κ2) is 10.0. The SMILES string of the molecule is O=C(Nc1cccc(COCC2CCCCO2)c1)N1CCCSCC1. The minimum atomic E-state index is -0.00354. The van der Waals surface area contributed by atoms with Crippen molar-refractivity contribution in [2.45, 2.75) is 38.4 Å². The minimum Gasteiger partial charge on any atom is -0.376 e. The lowest BCUT2D eigenvalue weighted by Gasteiger charge is -2.22. The molecule has 6 heteroatoms. The fourth-order valence-corrected chi connectivity index (χ4v) is 4.02. The van der Waals surface area contributed by atoms with Crippen LogP contribution in [0, 0.1) is 0 Å². The van der Waals surface area contributed by atoms with Crippen LogP contribution in [0.15, 0.2) is 24.3 Å². The molecule has 0 bridgehead atoms. The molecule has 0 spiro atoms. The first-order chi connectivity index (χ1) is 12.3. The molecule has 1 atom stereocenters. The van der Waals surface area contributed by atoms with E-state index >= 15 is 0 Å². The summed E-state index contributed by atoms with van der Waals surface area (Å²) in [6.07, 6.45) is 4.77. The Balaban J connectivity index is 1.46. The van der Waals surface area contributed by atoms with Gasteiger partial charge in [-0.05, 0) is 49.1 Å². The molecular formula is C19H28N2O3S. The van der Waals surface area contributed by atoms with Gasteiger partial charge in [-0.15, -0.1) is 0 Å². The zero-order valence-electron chi connectivity index (χ0n) is 14.7. The zero-order chi connectivity index (χ0) is 17.3. The summed E-state index contributed by atoms with van der Waals surface area (Å²) in [6, 6.07) is 7.91. The van der Waals surface area contributed by atoms with Crippen molar-refractivity contribution in [1.29, 1.82) is 0 Å². The number of rotatable bonds is 5. The lowest BCUT2D eigenvalue weighted by molar-refractivity contribution is -0.0447. The van der Waals surface area contributed by atoms with Crippen molar-refractivity contribution in [2.75, 3.05) is 43.1 Å². The van der Waals surface area contributed by atoms with E-state index in [-0.39, 0.29) is 12.1 Å². The summed E-state index contributed by atoms with van der Waals surface area (Å²) < 4.78 is 11.5. The van der Waals surface area contributed by atoms with E-state index in [9.17, 15) is 4.79 Å². The summed E-state index contributed by atoms with van der Waals surface area (Å²) in [7, 11) is 0. The van der Waals surface area contributed by atoms with E-state index < -0.39 is 0 Å². The molecule has 2 aliphatic heterocycles. The Hall–Kier alpha value is -1.24. The van der Waals surface area contributed by atoms with Crippen LogP contribution in [0.25, 0.3) is 0 Å². The highest BCUT2D eigenvalue weighted by molar-refractivity contribution is 7.99. The summed E-state index contributed by atoms with van der Waals surface area (Å²) in [5, 5.41) is 3.02. The number of nitrogens with zero attached hydrogens (tertiary/aromatic N) is 1. The minimum absolute atomic E-state index is 0.00354. The van der Waals surface area contributed by atoms with Gasteiger partial charge >= 0.3 is 6.03 Å². The van der Waals surface area contributed by atoms with Crippen molar-refractivity contribution in [1.82, 2.24) is 4.90 Å². The van der Waals surface area contributed by atoms with Crippen molar-refractivity contribution in [3.63, 3.8) is 0 Å². The topological polar surface area (TPSA) is 50.8 Å². The quantitative estimate of drug-likeness (QED) is 0.865. The predicted molar refractivity (Wildman–Crippen MR) is 102 cm³/mol. The predicted octanol–water partition coefficient (Wildman–Crippen LogP) is 3.74. The summed E-state index contributed by atoms with van der Waals surface area (Å²) in [6.45, 7) is 3.69. The Kier molecular flexibility index (Phi) is 7.45. The number of amides is 2. The molecule has 2 amide bonds. The second-order valence-electron chi connectivity index (χ2n) is 6.59. The van der Waals surface area contributed by atoms with Crippen LogP contribution in [-0.2, 0) is 16.1 Å². The maximum atomic E-state index is 12.4. The molecule has 5 nitrogen and oxygen atoms in total. The van der Waals surface area contributed by atoms with Gasteiger partial charge in [0.15, 0.2) is 0 Å². The van der Waals surface area contributed by atoms with Crippen LogP contribution in [-0.4, -0.2) is 54.8 Å². The van der Waals surface area contributed by atoms with Gasteiger partial charge in [-0.25, -0.2) is 4.79 Å². The van der Waals surface area contributed by atoms with Gasteiger partial charge in [-0.2, -0.15) is 11.8 Å². The summed E-state index contributed by atoms with van der Waals surface area (Å²) in [5.41, 5.74) is 1.90. The highest BCUT2D eigenvalue weighted by Crippen LogP contribution is 2.16. The first-order valence-electron chi connectivity index (χ1n) is 9.23. The number of thioether (sulfide) groups is 1. The van der Waals surface area contributed by atoms with Crippen molar-refractivity contribution >= 4 is 23.5 Å². The van der Waals surface area contributed by atoms with Crippen LogP contribution in [0.1, 0.15) is 31.2 Å². The number of carbonyl (C=O) groups is 1. The van der Waals surface area contributed by atoms with Crippen LogP contribution in [0.3, 0.4) is 0 Å². The Morgan fingerprint density at radius 2 is 2.24 bits per heavy atom. The van der Waals surface area contributed by atoms with Gasteiger partial charge in [-0.3, -0.25) is 0 Å². The highest BCUT2D eigenvalue weighted by atomic mass is 32.2. The van der Waals surface area contributed by atoms with E-state index in [0.29, 0.717) is 13.2 Å². The molecule has 1 aromatic carbocycles. The number of hydrogen-bond acceptors (Lipinski definition) is 4. The normalized spacial score (nSPS) is 21.6. The maximum Gasteiger partial charge on any atom is 0.321 e. The number of hydrogen-bond donors (Lipinski definition) is 1. The molecule has 3 rings (SSSR count). The van der Waals surface area contributed by atoms with E-state index in [1.54, 1.807) is 0 Å². The van der Waals surface area contributed by atoms with Crippen molar-refractivity contribution in [3.05, 3.63) is 29.8 Å². The number of urea groups is 1. The van der Waals surface area contributed by atoms with Gasteiger partial charge in [0.1, 0.15) is 0 Å². The number of ether oxygens (including phenoxy) is 2. The number of benzene rings is 1. The monoisotopic (exact) mass is 364 g/mol. The molecule has 138 valence electrons. The second-order valence-corrected chi connectivity index (χ2v) is 7.81. The van der Waals surface area contributed by atoms with Gasteiger partial charge in [0.05, 0.1) is 19.3 Å². The van der Waals surface area contributed by atoms with Crippen LogP contribution < -0.4 is 5.32 Å². The van der Waals surface area contributed by atoms with Gasteiger partial charge in [0.25, 0.3) is 0 Å². The standard InChI is InChI=1S/C19H28N2O3S/c22-19(21-8-4-11-25-12-9-21)20-17-6-3-5-16(13-17)14-23-15-18-7-1-2-10-24-18/h3,5-6,13,18H,1-2,4,7-12,14-15H2,(H,20,22). The molecule has 2 fully saturated rings. The molecule has 2 saturated heterocycles. The summed E-state index contributed by atoms with van der Waals surface area (Å²) in [4.78, 5) is 14.3. The van der Waals surface area contributed by atoms with Crippen LogP contribution in [0.2, 0.25) is 0 Å². The third-order valence-electron chi connectivity index (χ3n) is 4.53. The summed E-state index contributed by atoms with van der Waals surface area (Å²) in [5.74, 6) is 2.16. The van der Waals surface area contributed by atoms with E-state index in [1.165, 1.54) is 6.42 Å². The van der Waals surface area contributed by atoms with E-state index in [2.05, 4.69) is 5.32 Å². The van der Waals surface area contributed by atoms with Crippen molar-refractivity contribution < 1.29 is 14.3 Å². The third-order valence-corrected chi connectivity index (χ3v) is 5.58. The van der Waals surface area contributed by atoms with Crippen LogP contribution in [0.5, 0.6) is 0 Å². The number of nitrogens with one attached hydrogen (secondary N) is 1. The molecule has 0 saturated carbocycles. The summed E-state index contributed by atoms with van der Waals surface area (Å²) >= 11 is 1.92.